The van der Waals surface area contributed by atoms with Crippen LogP contribution in [0, 0.1) is 0 Å². The van der Waals surface area contributed by atoms with Gasteiger partial charge in [0.1, 0.15) is 0 Å². The first-order valence-corrected chi connectivity index (χ1v) is 8.47. The average Bonchev–Trinajstić information content (AvgIpc) is 2.80. The highest BCUT2D eigenvalue weighted by Crippen LogP contribution is 2.35. The highest BCUT2D eigenvalue weighted by Gasteiger charge is 2.39. The van der Waals surface area contributed by atoms with Gasteiger partial charge in [-0.15, -0.1) is 0 Å². The Kier molecular flexibility index (Phi) is 3.81. The van der Waals surface area contributed by atoms with E-state index in [0.717, 1.165) is 24.7 Å². The minimum atomic E-state index is 0.642. The van der Waals surface area contributed by atoms with Gasteiger partial charge in [0, 0.05) is 42.4 Å². The largest absolute Gasteiger partial charge is 0.363 e. The van der Waals surface area contributed by atoms with Crippen LogP contribution in [0.4, 0.5) is 5.69 Å². The molecule has 0 aliphatic carbocycles. The number of rotatable bonds is 3. The van der Waals surface area contributed by atoms with E-state index in [0.29, 0.717) is 12.1 Å². The van der Waals surface area contributed by atoms with E-state index in [-0.39, 0.29) is 0 Å². The van der Waals surface area contributed by atoms with E-state index in [1.807, 2.05) is 12.1 Å². The average molecular weight is 313 g/mol. The maximum atomic E-state index is 6.03. The molecule has 22 heavy (non-hydrogen) atoms. The van der Waals surface area contributed by atoms with Gasteiger partial charge in [0.15, 0.2) is 0 Å². The Hall–Kier alpha value is -1.51. The molecule has 0 amide bonds. The molecule has 3 heteroatoms. The predicted octanol–water partition coefficient (Wildman–Crippen LogP) is 4.19. The lowest BCUT2D eigenvalue weighted by Gasteiger charge is -2.42. The van der Waals surface area contributed by atoms with Gasteiger partial charge in [-0.1, -0.05) is 41.9 Å². The van der Waals surface area contributed by atoms with E-state index in [2.05, 4.69) is 52.3 Å². The first-order chi connectivity index (χ1) is 10.8. The quantitative estimate of drug-likeness (QED) is 0.838. The smallest absolute Gasteiger partial charge is 0.0421 e. The van der Waals surface area contributed by atoms with E-state index in [1.54, 1.807) is 0 Å². The molecular weight excluding hydrogens is 292 g/mol. The first kappa shape index (κ1) is 14.1. The molecule has 2 fully saturated rings. The Balaban J connectivity index is 1.48. The van der Waals surface area contributed by atoms with Crippen LogP contribution in [0.15, 0.2) is 54.6 Å². The summed E-state index contributed by atoms with van der Waals surface area (Å²) in [6.07, 6.45) is 2.61. The molecule has 2 aromatic rings. The molecule has 114 valence electrons. The van der Waals surface area contributed by atoms with Crippen LogP contribution in [-0.2, 0) is 6.54 Å². The molecule has 2 unspecified atom stereocenters. The maximum Gasteiger partial charge on any atom is 0.0421 e. The van der Waals surface area contributed by atoms with Gasteiger partial charge in [-0.3, -0.25) is 4.90 Å². The second-order valence-electron chi connectivity index (χ2n) is 6.45. The van der Waals surface area contributed by atoms with Crippen LogP contribution in [0.5, 0.6) is 0 Å². The number of anilines is 1. The molecule has 2 aliphatic heterocycles. The minimum Gasteiger partial charge on any atom is -0.363 e. The van der Waals surface area contributed by atoms with Crippen LogP contribution in [0.1, 0.15) is 18.4 Å². The Bertz CT molecular complexity index is 612. The van der Waals surface area contributed by atoms with Crippen LogP contribution >= 0.6 is 11.6 Å². The molecule has 2 atom stereocenters. The minimum absolute atomic E-state index is 0.642. The number of hydrogen-bond acceptors (Lipinski definition) is 2. The molecule has 2 heterocycles. The molecule has 0 spiro atoms. The van der Waals surface area contributed by atoms with Crippen molar-refractivity contribution in [3.05, 3.63) is 65.2 Å². The van der Waals surface area contributed by atoms with Crippen molar-refractivity contribution in [3.63, 3.8) is 0 Å². The second kappa shape index (κ2) is 5.94. The molecule has 2 aliphatic rings. The summed E-state index contributed by atoms with van der Waals surface area (Å²) in [5.74, 6) is 0. The van der Waals surface area contributed by atoms with Crippen molar-refractivity contribution >= 4 is 17.3 Å². The van der Waals surface area contributed by atoms with Gasteiger partial charge in [0.2, 0.25) is 0 Å². The lowest BCUT2D eigenvalue weighted by Crippen LogP contribution is -2.53. The molecule has 0 N–H and O–H groups in total. The van der Waals surface area contributed by atoms with E-state index >= 15 is 0 Å². The third-order valence-corrected chi connectivity index (χ3v) is 5.18. The molecule has 4 rings (SSSR count). The first-order valence-electron chi connectivity index (χ1n) is 8.10. The van der Waals surface area contributed by atoms with Crippen LogP contribution in [-0.4, -0.2) is 30.1 Å². The van der Waals surface area contributed by atoms with Crippen molar-refractivity contribution in [2.24, 2.45) is 0 Å². The van der Waals surface area contributed by atoms with E-state index in [1.165, 1.54) is 24.1 Å². The molecule has 2 bridgehead atoms. The van der Waals surface area contributed by atoms with E-state index in [9.17, 15) is 0 Å². The second-order valence-corrected chi connectivity index (χ2v) is 6.88. The van der Waals surface area contributed by atoms with Gasteiger partial charge in [0.25, 0.3) is 0 Å². The van der Waals surface area contributed by atoms with Gasteiger partial charge < -0.3 is 4.90 Å². The van der Waals surface area contributed by atoms with Crippen molar-refractivity contribution in [2.75, 3.05) is 18.0 Å². The lowest BCUT2D eigenvalue weighted by atomic mass is 10.1. The fourth-order valence-electron chi connectivity index (χ4n) is 4.00. The highest BCUT2D eigenvalue weighted by molar-refractivity contribution is 6.30. The van der Waals surface area contributed by atoms with Gasteiger partial charge in [-0.2, -0.15) is 0 Å². The van der Waals surface area contributed by atoms with Gasteiger partial charge in [0.05, 0.1) is 0 Å². The van der Waals surface area contributed by atoms with Gasteiger partial charge in [-0.25, -0.2) is 0 Å². The van der Waals surface area contributed by atoms with Crippen LogP contribution < -0.4 is 4.90 Å². The van der Waals surface area contributed by atoms with Crippen molar-refractivity contribution in [1.29, 1.82) is 0 Å². The third kappa shape index (κ3) is 2.73. The monoisotopic (exact) mass is 312 g/mol. The Morgan fingerprint density at radius 2 is 1.50 bits per heavy atom. The Morgan fingerprint density at radius 3 is 2.14 bits per heavy atom. The molecule has 2 nitrogen and oxygen atoms in total. The number of benzene rings is 2. The highest BCUT2D eigenvalue weighted by atomic mass is 35.5. The molecule has 0 saturated carbocycles. The number of hydrogen-bond donors (Lipinski definition) is 0. The molecule has 2 saturated heterocycles. The number of halogens is 1. The van der Waals surface area contributed by atoms with Crippen LogP contribution in [0.3, 0.4) is 0 Å². The molecule has 0 aromatic heterocycles. The zero-order chi connectivity index (χ0) is 14.9. The number of likely N-dealkylation sites (tertiary alicyclic amines) is 1. The molecular formula is C19H21ClN2. The van der Waals surface area contributed by atoms with E-state index < -0.39 is 0 Å². The van der Waals surface area contributed by atoms with Crippen molar-refractivity contribution in [3.8, 4) is 0 Å². The summed E-state index contributed by atoms with van der Waals surface area (Å²) in [5, 5.41) is 0.818. The summed E-state index contributed by atoms with van der Waals surface area (Å²) in [7, 11) is 0. The van der Waals surface area contributed by atoms with Crippen molar-refractivity contribution in [1.82, 2.24) is 4.90 Å². The fourth-order valence-corrected chi connectivity index (χ4v) is 4.12. The normalized spacial score (nSPS) is 24.7. The van der Waals surface area contributed by atoms with Crippen LogP contribution in [0.25, 0.3) is 0 Å². The number of piperazine rings is 1. The summed E-state index contributed by atoms with van der Waals surface area (Å²) in [6, 6.07) is 20.4. The maximum absolute atomic E-state index is 6.03. The summed E-state index contributed by atoms with van der Waals surface area (Å²) in [6.45, 7) is 3.39. The summed E-state index contributed by atoms with van der Waals surface area (Å²) in [5.41, 5.74) is 2.75. The standard InChI is InChI=1S/C19H21ClN2/c20-16-6-8-17(9-7-16)22-18-10-11-19(22)14-21(13-18)12-15-4-2-1-3-5-15/h1-9,18-19H,10-14H2. The van der Waals surface area contributed by atoms with E-state index in [4.69, 9.17) is 11.6 Å². The van der Waals surface area contributed by atoms with Gasteiger partial charge in [-0.05, 0) is 42.7 Å². The molecule has 2 aromatic carbocycles. The fraction of sp³-hybridized carbons (Fsp3) is 0.368. The third-order valence-electron chi connectivity index (χ3n) is 4.93. The van der Waals surface area contributed by atoms with Crippen molar-refractivity contribution < 1.29 is 0 Å². The van der Waals surface area contributed by atoms with Crippen molar-refractivity contribution in [2.45, 2.75) is 31.5 Å². The Labute approximate surface area is 137 Å². The summed E-state index contributed by atoms with van der Waals surface area (Å²) >= 11 is 6.03. The Morgan fingerprint density at radius 1 is 0.864 bits per heavy atom. The van der Waals surface area contributed by atoms with Gasteiger partial charge >= 0.3 is 0 Å². The summed E-state index contributed by atoms with van der Waals surface area (Å²) in [4.78, 5) is 5.24. The number of fused-ring (bicyclic) bond motifs is 2. The zero-order valence-corrected chi connectivity index (χ0v) is 13.4. The number of nitrogens with zero attached hydrogens (tertiary/aromatic N) is 2. The summed E-state index contributed by atoms with van der Waals surface area (Å²) < 4.78 is 0. The SMILES string of the molecule is Clc1ccc(N2C3CCC2CN(Cc2ccccc2)C3)cc1. The molecule has 0 radical (unpaired) electrons. The van der Waals surface area contributed by atoms with Crippen LogP contribution in [0.2, 0.25) is 5.02 Å². The topological polar surface area (TPSA) is 6.48 Å². The lowest BCUT2D eigenvalue weighted by molar-refractivity contribution is 0.212. The predicted molar refractivity (Wildman–Crippen MR) is 92.5 cm³/mol. The zero-order valence-electron chi connectivity index (χ0n) is 12.7.